The summed E-state index contributed by atoms with van der Waals surface area (Å²) in [6.07, 6.45) is 3.80. The van der Waals surface area contributed by atoms with E-state index in [0.717, 1.165) is 12.8 Å². The Bertz CT molecular complexity index is 1010. The number of nitrogens with one attached hydrogen (secondary N) is 2. The first kappa shape index (κ1) is 26.9. The molecule has 198 valence electrons. The molecule has 0 amide bonds. The SMILES string of the molecule is O=IN(O)c1cnc(NCc2ccccc2OC(F)(F)F)cc1NCC1CCC(N2CCCC2)CC1. The van der Waals surface area contributed by atoms with E-state index in [9.17, 15) is 21.4 Å². The molecule has 0 spiro atoms. The maximum absolute atomic E-state index is 12.7. The van der Waals surface area contributed by atoms with Crippen molar-refractivity contribution in [3.63, 3.8) is 0 Å². The Morgan fingerprint density at radius 3 is 2.56 bits per heavy atom. The molecule has 0 bridgehead atoms. The van der Waals surface area contributed by atoms with E-state index in [0.29, 0.717) is 44.5 Å². The van der Waals surface area contributed by atoms with Gasteiger partial charge in [-0.15, -0.1) is 13.2 Å². The van der Waals surface area contributed by atoms with Crippen molar-refractivity contribution in [1.29, 1.82) is 0 Å². The number of alkyl halides is 3. The highest BCUT2D eigenvalue weighted by molar-refractivity contribution is 14.1. The molecule has 4 rings (SSSR count). The highest BCUT2D eigenvalue weighted by Gasteiger charge is 2.32. The summed E-state index contributed by atoms with van der Waals surface area (Å²) in [7, 11) is 0. The Balaban J connectivity index is 1.38. The van der Waals surface area contributed by atoms with Crippen LogP contribution in [0.2, 0.25) is 0 Å². The number of likely N-dealkylation sites (tertiary alicyclic amines) is 1. The van der Waals surface area contributed by atoms with Crippen LogP contribution in [0.3, 0.4) is 0 Å². The highest BCUT2D eigenvalue weighted by Crippen LogP contribution is 2.34. The molecular formula is C24H31F3IN5O3. The van der Waals surface area contributed by atoms with Crippen LogP contribution in [0.5, 0.6) is 5.75 Å². The summed E-state index contributed by atoms with van der Waals surface area (Å²) in [5.41, 5.74) is 1.18. The highest BCUT2D eigenvalue weighted by atomic mass is 127. The van der Waals surface area contributed by atoms with Gasteiger partial charge in [-0.05, 0) is 63.6 Å². The second-order valence-corrected chi connectivity index (χ2v) is 10.5. The van der Waals surface area contributed by atoms with E-state index in [2.05, 4.69) is 25.3 Å². The summed E-state index contributed by atoms with van der Waals surface area (Å²) in [5.74, 6) is 0.606. The fourth-order valence-corrected chi connectivity index (χ4v) is 5.60. The molecule has 36 heavy (non-hydrogen) atoms. The number of aromatic nitrogens is 1. The van der Waals surface area contributed by atoms with Crippen LogP contribution in [-0.2, 0) is 9.61 Å². The monoisotopic (exact) mass is 621 g/mol. The van der Waals surface area contributed by atoms with Gasteiger partial charge >= 0.3 is 6.36 Å². The minimum Gasteiger partial charge on any atom is -0.405 e. The summed E-state index contributed by atoms with van der Waals surface area (Å²) in [6.45, 7) is 3.18. The fraction of sp³-hybridized carbons (Fsp3) is 0.542. The Hall–Kier alpha value is -2.19. The van der Waals surface area contributed by atoms with Crippen molar-refractivity contribution in [2.45, 2.75) is 57.5 Å². The zero-order chi connectivity index (χ0) is 25.5. The number of pyridine rings is 1. The number of benzene rings is 1. The third-order valence-corrected chi connectivity index (χ3v) is 7.75. The predicted molar refractivity (Wildman–Crippen MR) is 139 cm³/mol. The van der Waals surface area contributed by atoms with Gasteiger partial charge in [-0.25, -0.2) is 8.05 Å². The smallest absolute Gasteiger partial charge is 0.405 e. The number of ether oxygens (including phenoxy) is 1. The minimum atomic E-state index is -4.79. The van der Waals surface area contributed by atoms with Crippen molar-refractivity contribution in [1.82, 2.24) is 9.88 Å². The zero-order valence-corrected chi connectivity index (χ0v) is 22.0. The van der Waals surface area contributed by atoms with Crippen LogP contribution in [0, 0.1) is 5.92 Å². The van der Waals surface area contributed by atoms with Crippen molar-refractivity contribution < 1.29 is 26.2 Å². The Morgan fingerprint density at radius 1 is 1.14 bits per heavy atom. The molecule has 2 aliphatic rings. The number of anilines is 3. The molecule has 1 saturated heterocycles. The molecule has 0 unspecified atom stereocenters. The minimum absolute atomic E-state index is 0.0515. The van der Waals surface area contributed by atoms with Gasteiger partial charge in [0.25, 0.3) is 21.5 Å². The molecule has 1 aliphatic heterocycles. The summed E-state index contributed by atoms with van der Waals surface area (Å²) in [5, 5.41) is 16.5. The molecular weight excluding hydrogens is 590 g/mol. The van der Waals surface area contributed by atoms with Crippen LogP contribution in [0.4, 0.5) is 30.4 Å². The van der Waals surface area contributed by atoms with E-state index in [4.69, 9.17) is 0 Å². The molecule has 1 saturated carbocycles. The van der Waals surface area contributed by atoms with E-state index in [1.54, 1.807) is 12.1 Å². The Labute approximate surface area is 219 Å². The third-order valence-electron chi connectivity index (χ3n) is 6.86. The van der Waals surface area contributed by atoms with Gasteiger partial charge in [-0.1, -0.05) is 18.2 Å². The average molecular weight is 621 g/mol. The quantitative estimate of drug-likeness (QED) is 0.167. The standard InChI is InChI=1S/C24H31F3IN5O3/c25-24(26,27)36-22-6-2-1-5-18(22)15-30-23-13-20(21(16-31-23)33(35)28-34)29-14-17-7-9-19(10-8-17)32-11-3-4-12-32/h1-2,5-6,13,16-17,19,35H,3-4,7-12,14-15H2,(H2,29,30,31). The van der Waals surface area contributed by atoms with Gasteiger partial charge in [0.05, 0.1) is 11.9 Å². The largest absolute Gasteiger partial charge is 0.573 e. The number of nitrogens with zero attached hydrogens (tertiary/aromatic N) is 3. The molecule has 1 aromatic heterocycles. The average Bonchev–Trinajstić information content (AvgIpc) is 3.41. The first-order valence-corrected chi connectivity index (χ1v) is 14.0. The fourth-order valence-electron chi connectivity index (χ4n) is 5.01. The third kappa shape index (κ3) is 7.42. The summed E-state index contributed by atoms with van der Waals surface area (Å²) in [4.78, 5) is 6.85. The summed E-state index contributed by atoms with van der Waals surface area (Å²) >= 11 is -1.85. The van der Waals surface area contributed by atoms with Gasteiger partial charge in [-0.3, -0.25) is 5.21 Å². The van der Waals surface area contributed by atoms with E-state index in [-0.39, 0.29) is 12.3 Å². The van der Waals surface area contributed by atoms with Crippen LogP contribution in [0.25, 0.3) is 0 Å². The normalized spacial score (nSPS) is 20.8. The van der Waals surface area contributed by atoms with Crippen molar-refractivity contribution in [2.75, 3.05) is 33.5 Å². The molecule has 3 N–H and O–H groups in total. The summed E-state index contributed by atoms with van der Waals surface area (Å²) in [6, 6.07) is 8.24. The second-order valence-electron chi connectivity index (χ2n) is 9.22. The van der Waals surface area contributed by atoms with E-state index >= 15 is 0 Å². The molecule has 2 fully saturated rings. The maximum atomic E-state index is 12.7. The van der Waals surface area contributed by atoms with Crippen molar-refractivity contribution in [2.24, 2.45) is 5.92 Å². The zero-order valence-electron chi connectivity index (χ0n) is 19.8. The number of hydrogen-bond donors (Lipinski definition) is 3. The first-order chi connectivity index (χ1) is 17.3. The Morgan fingerprint density at radius 2 is 1.86 bits per heavy atom. The molecule has 2 aromatic rings. The van der Waals surface area contributed by atoms with Gasteiger partial charge in [-0.2, -0.15) is 3.28 Å². The molecule has 0 atom stereocenters. The molecule has 0 radical (unpaired) electrons. The van der Waals surface area contributed by atoms with Crippen LogP contribution < -0.4 is 18.6 Å². The lowest BCUT2D eigenvalue weighted by atomic mass is 9.85. The van der Waals surface area contributed by atoms with Crippen LogP contribution in [0.15, 0.2) is 36.5 Å². The van der Waals surface area contributed by atoms with Gasteiger partial charge in [0.1, 0.15) is 17.3 Å². The van der Waals surface area contributed by atoms with E-state index in [1.165, 1.54) is 63.2 Å². The molecule has 12 heteroatoms. The van der Waals surface area contributed by atoms with Crippen molar-refractivity contribution in [3.05, 3.63) is 42.1 Å². The van der Waals surface area contributed by atoms with E-state index < -0.39 is 27.8 Å². The summed E-state index contributed by atoms with van der Waals surface area (Å²) < 4.78 is 54.3. The lowest BCUT2D eigenvalue weighted by molar-refractivity contribution is -0.274. The number of para-hydroxylation sites is 1. The van der Waals surface area contributed by atoms with Crippen molar-refractivity contribution >= 4 is 38.7 Å². The Kier molecular flexibility index (Phi) is 9.23. The van der Waals surface area contributed by atoms with Gasteiger partial charge < -0.3 is 20.3 Å². The van der Waals surface area contributed by atoms with E-state index in [1.807, 2.05) is 0 Å². The number of halogens is 4. The topological polar surface area (TPSA) is 90.0 Å². The van der Waals surface area contributed by atoms with Gasteiger partial charge in [0.15, 0.2) is 0 Å². The molecule has 2 heterocycles. The molecule has 8 nitrogen and oxygen atoms in total. The van der Waals surface area contributed by atoms with Crippen LogP contribution in [0.1, 0.15) is 44.1 Å². The maximum Gasteiger partial charge on any atom is 0.573 e. The van der Waals surface area contributed by atoms with Crippen molar-refractivity contribution in [3.8, 4) is 5.75 Å². The van der Waals surface area contributed by atoms with Gasteiger partial charge in [0.2, 0.25) is 0 Å². The van der Waals surface area contributed by atoms with Crippen LogP contribution >= 0.6 is 21.5 Å². The lowest BCUT2D eigenvalue weighted by Crippen LogP contribution is -2.37. The van der Waals surface area contributed by atoms with Crippen LogP contribution in [-0.4, -0.2) is 47.1 Å². The molecule has 1 aliphatic carbocycles. The second kappa shape index (κ2) is 12.4. The van der Waals surface area contributed by atoms with Gasteiger partial charge in [0, 0.05) is 30.8 Å². The number of rotatable bonds is 10. The molecule has 1 aromatic carbocycles. The lowest BCUT2D eigenvalue weighted by Gasteiger charge is -2.34. The predicted octanol–water partition coefficient (Wildman–Crippen LogP) is 6.09. The first-order valence-electron chi connectivity index (χ1n) is 12.1. The number of hydrogen-bond acceptors (Lipinski definition) is 7.